The Morgan fingerprint density at radius 3 is 1.78 bits per heavy atom. The van der Waals surface area contributed by atoms with Gasteiger partial charge in [-0.1, -0.05) is 55.0 Å². The van der Waals surface area contributed by atoms with Gasteiger partial charge in [-0.3, -0.25) is 4.79 Å². The van der Waals surface area contributed by atoms with Gasteiger partial charge < -0.3 is 4.74 Å². The molecule has 140 valence electrons. The Morgan fingerprint density at radius 1 is 0.815 bits per heavy atom. The highest BCUT2D eigenvalue weighted by Gasteiger charge is 2.10. The Kier molecular flexibility index (Phi) is 7.36. The predicted molar refractivity (Wildman–Crippen MR) is 113 cm³/mol. The van der Waals surface area contributed by atoms with E-state index in [1.165, 1.54) is 11.1 Å². The number of hydrogen-bond acceptors (Lipinski definition) is 2. The quantitative estimate of drug-likeness (QED) is 0.475. The molecule has 0 saturated heterocycles. The highest BCUT2D eigenvalue weighted by Crippen LogP contribution is 2.27. The van der Waals surface area contributed by atoms with Crippen molar-refractivity contribution in [1.29, 1.82) is 0 Å². The molecule has 3 rings (SSSR count). The van der Waals surface area contributed by atoms with E-state index < -0.39 is 0 Å². The Hall–Kier alpha value is -2.87. The molecule has 0 aromatic heterocycles. The third-order valence-corrected chi connectivity index (χ3v) is 4.37. The molecule has 0 fully saturated rings. The van der Waals surface area contributed by atoms with Crippen molar-refractivity contribution in [2.24, 2.45) is 0 Å². The molecule has 0 bridgehead atoms. The molecule has 0 aliphatic heterocycles. The van der Waals surface area contributed by atoms with Crippen LogP contribution in [0.2, 0.25) is 0 Å². The van der Waals surface area contributed by atoms with Crippen molar-refractivity contribution in [2.75, 3.05) is 0 Å². The second-order valence-electron chi connectivity index (χ2n) is 6.74. The lowest BCUT2D eigenvalue weighted by Crippen LogP contribution is -2.00. The Labute approximate surface area is 162 Å². The first-order valence-corrected chi connectivity index (χ1v) is 9.31. The third kappa shape index (κ3) is 6.10. The van der Waals surface area contributed by atoms with Crippen LogP contribution in [0.5, 0.6) is 11.5 Å². The van der Waals surface area contributed by atoms with Crippen LogP contribution in [0, 0.1) is 20.8 Å². The Bertz CT molecular complexity index is 855. The van der Waals surface area contributed by atoms with Crippen molar-refractivity contribution in [2.45, 2.75) is 41.0 Å². The Morgan fingerprint density at radius 2 is 1.37 bits per heavy atom. The van der Waals surface area contributed by atoms with Crippen LogP contribution >= 0.6 is 0 Å². The number of rotatable bonds is 4. The summed E-state index contributed by atoms with van der Waals surface area (Å²) in [6.07, 6.45) is 1.02. The van der Waals surface area contributed by atoms with Crippen LogP contribution in [0.25, 0.3) is 0 Å². The fourth-order valence-electron chi connectivity index (χ4n) is 3.00. The zero-order chi connectivity index (χ0) is 19.8. The van der Waals surface area contributed by atoms with E-state index in [0.29, 0.717) is 0 Å². The lowest BCUT2D eigenvalue weighted by Gasteiger charge is -2.11. The van der Waals surface area contributed by atoms with Gasteiger partial charge >= 0.3 is 0 Å². The first-order chi connectivity index (χ1) is 12.9. The van der Waals surface area contributed by atoms with Crippen LogP contribution in [-0.2, 0) is 6.42 Å². The SMILES string of the molecule is CCc1ccc(Oc2cc(C)c(C(C)=O)c(C)c2)cc1.Cc1ccccc1. The smallest absolute Gasteiger partial charge is 0.160 e. The second-order valence-corrected chi connectivity index (χ2v) is 6.74. The number of aryl methyl sites for hydroxylation is 4. The summed E-state index contributed by atoms with van der Waals surface area (Å²) < 4.78 is 5.86. The number of hydrogen-bond donors (Lipinski definition) is 0. The molecular weight excluding hydrogens is 332 g/mol. The summed E-state index contributed by atoms with van der Waals surface area (Å²) in [5.41, 5.74) is 5.31. The van der Waals surface area contributed by atoms with Gasteiger partial charge in [-0.15, -0.1) is 0 Å². The first-order valence-electron chi connectivity index (χ1n) is 9.31. The molecule has 0 aliphatic rings. The van der Waals surface area contributed by atoms with Crippen LogP contribution in [0.15, 0.2) is 66.7 Å². The van der Waals surface area contributed by atoms with Crippen molar-refractivity contribution in [3.8, 4) is 11.5 Å². The monoisotopic (exact) mass is 360 g/mol. The molecule has 2 heteroatoms. The molecule has 2 nitrogen and oxygen atoms in total. The summed E-state index contributed by atoms with van der Waals surface area (Å²) in [5, 5.41) is 0. The zero-order valence-corrected chi connectivity index (χ0v) is 16.9. The molecule has 0 heterocycles. The van der Waals surface area contributed by atoms with Gasteiger partial charge in [-0.25, -0.2) is 0 Å². The lowest BCUT2D eigenvalue weighted by molar-refractivity contribution is 0.101. The van der Waals surface area contributed by atoms with E-state index in [9.17, 15) is 4.79 Å². The minimum atomic E-state index is 0.0962. The average Bonchev–Trinajstić information content (AvgIpc) is 2.62. The number of benzene rings is 3. The molecule has 0 atom stereocenters. The van der Waals surface area contributed by atoms with Crippen molar-refractivity contribution in [3.63, 3.8) is 0 Å². The predicted octanol–water partition coefficient (Wildman–Crippen LogP) is 6.86. The van der Waals surface area contributed by atoms with Gasteiger partial charge in [0.2, 0.25) is 0 Å². The lowest BCUT2D eigenvalue weighted by atomic mass is 9.99. The van der Waals surface area contributed by atoms with Gasteiger partial charge in [0, 0.05) is 5.56 Å². The second kappa shape index (κ2) is 9.72. The summed E-state index contributed by atoms with van der Waals surface area (Å²) in [6.45, 7) is 9.69. The van der Waals surface area contributed by atoms with Gasteiger partial charge in [0.05, 0.1) is 0 Å². The Balaban J connectivity index is 0.000000313. The maximum absolute atomic E-state index is 11.6. The number of carbonyl (C=O) groups excluding carboxylic acids is 1. The molecule has 27 heavy (non-hydrogen) atoms. The van der Waals surface area contributed by atoms with E-state index in [2.05, 4.69) is 38.1 Å². The van der Waals surface area contributed by atoms with E-state index in [1.54, 1.807) is 6.92 Å². The highest BCUT2D eigenvalue weighted by molar-refractivity contribution is 5.97. The molecule has 0 N–H and O–H groups in total. The molecule has 0 aliphatic carbocycles. The molecule has 3 aromatic carbocycles. The fraction of sp³-hybridized carbons (Fsp3) is 0.240. The standard InChI is InChI=1S/C18H20O2.C7H8/c1-5-15-6-8-16(9-7-15)20-17-10-12(2)18(14(4)19)13(3)11-17;1-7-5-3-2-4-6-7/h6-11H,5H2,1-4H3;2-6H,1H3. The van der Waals surface area contributed by atoms with Crippen LogP contribution < -0.4 is 4.74 Å². The molecule has 0 amide bonds. The number of ether oxygens (including phenoxy) is 1. The maximum Gasteiger partial charge on any atom is 0.160 e. The topological polar surface area (TPSA) is 26.3 Å². The third-order valence-electron chi connectivity index (χ3n) is 4.37. The fourth-order valence-corrected chi connectivity index (χ4v) is 3.00. The highest BCUT2D eigenvalue weighted by atomic mass is 16.5. The summed E-state index contributed by atoms with van der Waals surface area (Å²) in [5.74, 6) is 1.68. The van der Waals surface area contributed by atoms with Crippen LogP contribution in [0.4, 0.5) is 0 Å². The van der Waals surface area contributed by atoms with E-state index >= 15 is 0 Å². The summed E-state index contributed by atoms with van der Waals surface area (Å²) in [6, 6.07) is 22.2. The molecular formula is C25H28O2. The van der Waals surface area contributed by atoms with E-state index in [1.807, 2.05) is 56.3 Å². The summed E-state index contributed by atoms with van der Waals surface area (Å²) >= 11 is 0. The molecule has 3 aromatic rings. The van der Waals surface area contributed by atoms with Gasteiger partial charge in [0.15, 0.2) is 5.78 Å². The maximum atomic E-state index is 11.6. The van der Waals surface area contributed by atoms with Gasteiger partial charge in [0.25, 0.3) is 0 Å². The van der Waals surface area contributed by atoms with Crippen molar-refractivity contribution in [3.05, 3.63) is 94.5 Å². The van der Waals surface area contributed by atoms with Crippen LogP contribution in [0.1, 0.15) is 46.5 Å². The summed E-state index contributed by atoms with van der Waals surface area (Å²) in [7, 11) is 0. The zero-order valence-electron chi connectivity index (χ0n) is 16.9. The molecule has 0 radical (unpaired) electrons. The number of Topliss-reactive ketones (excluding diaryl/α,β-unsaturated/α-hetero) is 1. The van der Waals surface area contributed by atoms with Crippen molar-refractivity contribution in [1.82, 2.24) is 0 Å². The van der Waals surface area contributed by atoms with E-state index in [-0.39, 0.29) is 5.78 Å². The van der Waals surface area contributed by atoms with Crippen LogP contribution in [-0.4, -0.2) is 5.78 Å². The first kappa shape index (κ1) is 20.4. The van der Waals surface area contributed by atoms with Gasteiger partial charge in [0.1, 0.15) is 11.5 Å². The normalized spacial score (nSPS) is 9.96. The minimum Gasteiger partial charge on any atom is -0.457 e. The van der Waals surface area contributed by atoms with Crippen LogP contribution in [0.3, 0.4) is 0 Å². The average molecular weight is 360 g/mol. The number of carbonyl (C=O) groups is 1. The summed E-state index contributed by atoms with van der Waals surface area (Å²) in [4.78, 5) is 11.6. The van der Waals surface area contributed by atoms with Gasteiger partial charge in [-0.2, -0.15) is 0 Å². The molecule has 0 saturated carbocycles. The van der Waals surface area contributed by atoms with E-state index in [4.69, 9.17) is 4.74 Å². The number of ketones is 1. The molecule has 0 unspecified atom stereocenters. The minimum absolute atomic E-state index is 0.0962. The van der Waals surface area contributed by atoms with E-state index in [0.717, 1.165) is 34.6 Å². The largest absolute Gasteiger partial charge is 0.457 e. The van der Waals surface area contributed by atoms with Crippen molar-refractivity contribution >= 4 is 5.78 Å². The molecule has 0 spiro atoms. The van der Waals surface area contributed by atoms with Crippen molar-refractivity contribution < 1.29 is 9.53 Å². The van der Waals surface area contributed by atoms with Gasteiger partial charge in [-0.05, 0) is 75.1 Å².